The molecule has 0 N–H and O–H groups in total. The summed E-state index contributed by atoms with van der Waals surface area (Å²) in [4.78, 5) is 12.4. The Kier molecular flexibility index (Phi) is 9.72. The van der Waals surface area contributed by atoms with Crippen molar-refractivity contribution < 1.29 is 0 Å². The molecule has 0 bridgehead atoms. The Labute approximate surface area is 367 Å². The molecule has 0 saturated carbocycles. The summed E-state index contributed by atoms with van der Waals surface area (Å²) in [7, 11) is 0. The molecule has 0 atom stereocenters. The Morgan fingerprint density at radius 3 is 1.49 bits per heavy atom. The summed E-state index contributed by atoms with van der Waals surface area (Å²) >= 11 is 0. The van der Waals surface area contributed by atoms with Gasteiger partial charge in [-0.25, -0.2) is 9.97 Å². The monoisotopic (exact) mass is 806 g/mol. The van der Waals surface area contributed by atoms with E-state index in [0.29, 0.717) is 0 Å². The van der Waals surface area contributed by atoms with E-state index in [-0.39, 0.29) is 0 Å². The van der Waals surface area contributed by atoms with Crippen molar-refractivity contribution in [3.05, 3.63) is 242 Å². The molecular formula is C59H42N4. The molecule has 11 rings (SSSR count). The third kappa shape index (κ3) is 7.24. The van der Waals surface area contributed by atoms with Gasteiger partial charge in [0, 0.05) is 50.2 Å². The highest BCUT2D eigenvalue weighted by Gasteiger charge is 2.18. The summed E-state index contributed by atoms with van der Waals surface area (Å²) in [6.07, 6.45) is 0. The normalized spacial score (nSPS) is 11.3. The van der Waals surface area contributed by atoms with Crippen LogP contribution in [0.2, 0.25) is 0 Å². The Bertz CT molecular complexity index is 3260. The zero-order valence-corrected chi connectivity index (χ0v) is 34.8. The number of para-hydroxylation sites is 3. The smallest absolute Gasteiger partial charge is 0.160 e. The Hall–Kier alpha value is -8.34. The molecule has 0 spiro atoms. The second-order valence-electron chi connectivity index (χ2n) is 15.9. The van der Waals surface area contributed by atoms with Crippen LogP contribution in [0.4, 0.5) is 17.1 Å². The molecule has 4 heteroatoms. The molecule has 2 aromatic heterocycles. The first-order valence-corrected chi connectivity index (χ1v) is 21.4. The lowest BCUT2D eigenvalue weighted by molar-refractivity contribution is 1.18. The minimum atomic E-state index is 0.719. The van der Waals surface area contributed by atoms with Gasteiger partial charge in [-0.2, -0.15) is 0 Å². The fraction of sp³-hybridized carbons (Fsp3) is 0.0169. The maximum absolute atomic E-state index is 5.06. The first kappa shape index (κ1) is 37.6. The van der Waals surface area contributed by atoms with E-state index in [2.05, 4.69) is 217 Å². The van der Waals surface area contributed by atoms with E-state index >= 15 is 0 Å². The Morgan fingerprint density at radius 2 is 0.857 bits per heavy atom. The van der Waals surface area contributed by atoms with Crippen molar-refractivity contribution in [3.63, 3.8) is 0 Å². The average molecular weight is 807 g/mol. The first-order valence-electron chi connectivity index (χ1n) is 21.4. The average Bonchev–Trinajstić information content (AvgIpc) is 3.69. The molecular weight excluding hydrogens is 765 g/mol. The minimum Gasteiger partial charge on any atom is -0.310 e. The van der Waals surface area contributed by atoms with Crippen molar-refractivity contribution >= 4 is 38.9 Å². The SMILES string of the molecule is Cc1cc(-c2cc(-c3ccccc3)nc(-c3ccccc3)n2)ccc1-c1ccc(-c2ccc(-n3c4ccccc4c4cc(N(c5ccccc5)c5ccccc5)ccc43)cc2)cc1. The van der Waals surface area contributed by atoms with E-state index in [1.54, 1.807) is 0 Å². The summed E-state index contributed by atoms with van der Waals surface area (Å²) in [5.74, 6) is 0.719. The maximum atomic E-state index is 5.06. The maximum Gasteiger partial charge on any atom is 0.160 e. The third-order valence-electron chi connectivity index (χ3n) is 11.9. The molecule has 0 saturated heterocycles. The molecule has 9 aromatic carbocycles. The molecule has 11 aromatic rings. The minimum absolute atomic E-state index is 0.719. The summed E-state index contributed by atoms with van der Waals surface area (Å²) < 4.78 is 2.38. The number of hydrogen-bond acceptors (Lipinski definition) is 3. The molecule has 0 aliphatic heterocycles. The quantitative estimate of drug-likeness (QED) is 0.146. The van der Waals surface area contributed by atoms with Gasteiger partial charge in [0.1, 0.15) is 0 Å². The van der Waals surface area contributed by atoms with Crippen LogP contribution in [-0.4, -0.2) is 14.5 Å². The largest absolute Gasteiger partial charge is 0.310 e. The van der Waals surface area contributed by atoms with E-state index in [0.717, 1.165) is 56.7 Å². The molecule has 298 valence electrons. The predicted molar refractivity (Wildman–Crippen MR) is 263 cm³/mol. The summed E-state index contributed by atoms with van der Waals surface area (Å²) in [6.45, 7) is 2.18. The molecule has 0 radical (unpaired) electrons. The van der Waals surface area contributed by atoms with Crippen LogP contribution in [0.3, 0.4) is 0 Å². The van der Waals surface area contributed by atoms with Crippen LogP contribution in [0.5, 0.6) is 0 Å². The number of benzene rings is 9. The van der Waals surface area contributed by atoms with Crippen LogP contribution < -0.4 is 4.90 Å². The van der Waals surface area contributed by atoms with Crippen LogP contribution in [0.15, 0.2) is 237 Å². The van der Waals surface area contributed by atoms with E-state index in [1.165, 1.54) is 49.6 Å². The van der Waals surface area contributed by atoms with Gasteiger partial charge in [-0.3, -0.25) is 0 Å². The number of fused-ring (bicyclic) bond motifs is 3. The Morgan fingerprint density at radius 1 is 0.349 bits per heavy atom. The predicted octanol–water partition coefficient (Wildman–Crippen LogP) is 15.7. The Balaban J connectivity index is 0.885. The number of hydrogen-bond donors (Lipinski definition) is 0. The standard InChI is InChI=1S/C59H42N4/c1-41-38-47(56-40-55(45-16-6-2-7-17-45)60-59(61-56)46-18-8-3-9-19-46)32-36-52(41)44-28-26-42(27-29-44)43-30-33-50(34-31-43)63-57-25-15-14-24-53(57)54-39-51(35-37-58(54)63)62(48-20-10-4-11-21-48)49-22-12-5-13-23-49/h2-40H,1H3. The zero-order chi connectivity index (χ0) is 42.1. The van der Waals surface area contributed by atoms with Crippen molar-refractivity contribution in [1.82, 2.24) is 14.5 Å². The van der Waals surface area contributed by atoms with E-state index in [9.17, 15) is 0 Å². The lowest BCUT2D eigenvalue weighted by Gasteiger charge is -2.25. The second kappa shape index (κ2) is 16.3. The van der Waals surface area contributed by atoms with Gasteiger partial charge in [0.05, 0.1) is 22.4 Å². The third-order valence-corrected chi connectivity index (χ3v) is 11.9. The van der Waals surface area contributed by atoms with E-state index in [1.807, 2.05) is 36.4 Å². The van der Waals surface area contributed by atoms with Crippen molar-refractivity contribution in [2.45, 2.75) is 6.92 Å². The van der Waals surface area contributed by atoms with Crippen LogP contribution in [-0.2, 0) is 0 Å². The highest BCUT2D eigenvalue weighted by molar-refractivity contribution is 6.10. The number of nitrogens with zero attached hydrogens (tertiary/aromatic N) is 4. The van der Waals surface area contributed by atoms with Gasteiger partial charge in [-0.05, 0) is 108 Å². The van der Waals surface area contributed by atoms with Gasteiger partial charge in [0.25, 0.3) is 0 Å². The number of aryl methyl sites for hydroxylation is 1. The number of aromatic nitrogens is 3. The van der Waals surface area contributed by atoms with Crippen LogP contribution in [0, 0.1) is 6.92 Å². The summed E-state index contributed by atoms with van der Waals surface area (Å²) in [5, 5.41) is 2.44. The molecule has 4 nitrogen and oxygen atoms in total. The number of rotatable bonds is 9. The van der Waals surface area contributed by atoms with Crippen LogP contribution >= 0.6 is 0 Å². The molecule has 2 heterocycles. The molecule has 0 unspecified atom stereocenters. The fourth-order valence-corrected chi connectivity index (χ4v) is 8.84. The van der Waals surface area contributed by atoms with Gasteiger partial charge in [-0.1, -0.05) is 164 Å². The molecule has 0 aliphatic rings. The van der Waals surface area contributed by atoms with Crippen LogP contribution in [0.25, 0.3) is 83.6 Å². The van der Waals surface area contributed by atoms with Crippen molar-refractivity contribution in [2.24, 2.45) is 0 Å². The lowest BCUT2D eigenvalue weighted by atomic mass is 9.95. The molecule has 0 amide bonds. The van der Waals surface area contributed by atoms with Crippen molar-refractivity contribution in [2.75, 3.05) is 4.90 Å². The van der Waals surface area contributed by atoms with Crippen molar-refractivity contribution in [3.8, 4) is 61.8 Å². The van der Waals surface area contributed by atoms with Gasteiger partial charge < -0.3 is 9.47 Å². The zero-order valence-electron chi connectivity index (χ0n) is 34.8. The van der Waals surface area contributed by atoms with Gasteiger partial charge >= 0.3 is 0 Å². The van der Waals surface area contributed by atoms with E-state index < -0.39 is 0 Å². The molecule has 0 aliphatic carbocycles. The second-order valence-corrected chi connectivity index (χ2v) is 15.9. The fourth-order valence-electron chi connectivity index (χ4n) is 8.84. The van der Waals surface area contributed by atoms with Gasteiger partial charge in [-0.15, -0.1) is 0 Å². The summed E-state index contributed by atoms with van der Waals surface area (Å²) in [6, 6.07) is 83.9. The lowest BCUT2D eigenvalue weighted by Crippen LogP contribution is -2.09. The van der Waals surface area contributed by atoms with Gasteiger partial charge in [0.2, 0.25) is 0 Å². The highest BCUT2D eigenvalue weighted by atomic mass is 15.1. The number of anilines is 3. The van der Waals surface area contributed by atoms with E-state index in [4.69, 9.17) is 9.97 Å². The molecule has 0 fully saturated rings. The highest BCUT2D eigenvalue weighted by Crippen LogP contribution is 2.40. The van der Waals surface area contributed by atoms with Crippen molar-refractivity contribution in [1.29, 1.82) is 0 Å². The molecule has 63 heavy (non-hydrogen) atoms. The van der Waals surface area contributed by atoms with Crippen LogP contribution in [0.1, 0.15) is 5.56 Å². The first-order chi connectivity index (χ1) is 31.1. The summed E-state index contributed by atoms with van der Waals surface area (Å²) in [5.41, 5.74) is 17.7. The van der Waals surface area contributed by atoms with Gasteiger partial charge in [0.15, 0.2) is 5.82 Å². The topological polar surface area (TPSA) is 34.0 Å².